The molecule has 0 heterocycles. The van der Waals surface area contributed by atoms with Crippen molar-refractivity contribution in [3.8, 4) is 0 Å². The largest absolute Gasteiger partial charge is 0.463 e. The van der Waals surface area contributed by atoms with E-state index in [1.165, 1.54) is 38.1 Å². The van der Waals surface area contributed by atoms with Crippen molar-refractivity contribution in [2.75, 3.05) is 13.2 Å². The standard InChI is InChI=1S/C13H15FO4/c1-3-17-11(15)13(14,12(16)18-4-2)10-8-6-5-7-9-10/h5-9H,3-4H2,1-2H3. The van der Waals surface area contributed by atoms with E-state index >= 15 is 0 Å². The van der Waals surface area contributed by atoms with Crippen molar-refractivity contribution in [3.63, 3.8) is 0 Å². The van der Waals surface area contributed by atoms with Crippen LogP contribution in [0.5, 0.6) is 0 Å². The predicted molar refractivity (Wildman–Crippen MR) is 62.5 cm³/mol. The maximum Gasteiger partial charge on any atom is 0.360 e. The summed E-state index contributed by atoms with van der Waals surface area (Å²) >= 11 is 0. The maximum absolute atomic E-state index is 14.7. The number of rotatable bonds is 5. The van der Waals surface area contributed by atoms with E-state index in [1.54, 1.807) is 6.07 Å². The van der Waals surface area contributed by atoms with Crippen LogP contribution < -0.4 is 0 Å². The Hall–Kier alpha value is -1.91. The summed E-state index contributed by atoms with van der Waals surface area (Å²) in [6.07, 6.45) is 0. The van der Waals surface area contributed by atoms with Crippen LogP contribution in [0.25, 0.3) is 0 Å². The van der Waals surface area contributed by atoms with Gasteiger partial charge in [-0.1, -0.05) is 30.3 Å². The summed E-state index contributed by atoms with van der Waals surface area (Å²) in [7, 11) is 0. The Balaban J connectivity index is 3.17. The molecule has 0 aliphatic heterocycles. The van der Waals surface area contributed by atoms with Crippen LogP contribution in [0, 0.1) is 0 Å². The van der Waals surface area contributed by atoms with Gasteiger partial charge < -0.3 is 9.47 Å². The molecule has 1 aromatic carbocycles. The molecule has 1 aromatic rings. The van der Waals surface area contributed by atoms with E-state index in [2.05, 4.69) is 9.47 Å². The number of hydrogen-bond donors (Lipinski definition) is 0. The van der Waals surface area contributed by atoms with Crippen LogP contribution in [0.1, 0.15) is 19.4 Å². The summed E-state index contributed by atoms with van der Waals surface area (Å²) in [5.74, 6) is -2.51. The Kier molecular flexibility index (Phi) is 4.83. The van der Waals surface area contributed by atoms with Crippen LogP contribution in [0.2, 0.25) is 0 Å². The third-order valence-electron chi connectivity index (χ3n) is 2.28. The Morgan fingerprint density at radius 1 is 1.06 bits per heavy atom. The zero-order valence-electron chi connectivity index (χ0n) is 10.3. The SMILES string of the molecule is CCOC(=O)C(F)(C(=O)OCC)c1ccccc1. The van der Waals surface area contributed by atoms with E-state index < -0.39 is 17.6 Å². The number of ether oxygens (including phenoxy) is 2. The summed E-state index contributed by atoms with van der Waals surface area (Å²) in [5.41, 5.74) is -3.00. The Morgan fingerprint density at radius 3 is 1.89 bits per heavy atom. The molecule has 0 N–H and O–H groups in total. The lowest BCUT2D eigenvalue weighted by Crippen LogP contribution is -2.42. The van der Waals surface area contributed by atoms with Crippen LogP contribution >= 0.6 is 0 Å². The minimum absolute atomic E-state index is 0.0171. The zero-order chi connectivity index (χ0) is 13.6. The van der Waals surface area contributed by atoms with Crippen LogP contribution in [0.15, 0.2) is 30.3 Å². The molecule has 0 amide bonds. The Bertz CT molecular complexity index is 398. The fourth-order valence-corrected chi connectivity index (χ4v) is 1.45. The molecule has 0 radical (unpaired) electrons. The minimum atomic E-state index is -2.91. The monoisotopic (exact) mass is 254 g/mol. The van der Waals surface area contributed by atoms with E-state index in [9.17, 15) is 14.0 Å². The second-order valence-corrected chi connectivity index (χ2v) is 3.47. The average molecular weight is 254 g/mol. The number of esters is 2. The number of carbonyl (C=O) groups is 2. The van der Waals surface area contributed by atoms with Gasteiger partial charge in [0.25, 0.3) is 0 Å². The van der Waals surface area contributed by atoms with Crippen molar-refractivity contribution in [1.82, 2.24) is 0 Å². The molecule has 0 bridgehead atoms. The van der Waals surface area contributed by atoms with Gasteiger partial charge in [0.05, 0.1) is 13.2 Å². The van der Waals surface area contributed by atoms with Crippen molar-refractivity contribution in [2.45, 2.75) is 19.5 Å². The fourth-order valence-electron chi connectivity index (χ4n) is 1.45. The van der Waals surface area contributed by atoms with Crippen LogP contribution in [0.3, 0.4) is 0 Å². The highest BCUT2D eigenvalue weighted by molar-refractivity contribution is 6.04. The van der Waals surface area contributed by atoms with Gasteiger partial charge >= 0.3 is 17.6 Å². The summed E-state index contributed by atoms with van der Waals surface area (Å²) in [4.78, 5) is 23.4. The van der Waals surface area contributed by atoms with Crippen molar-refractivity contribution in [1.29, 1.82) is 0 Å². The highest BCUT2D eigenvalue weighted by Gasteiger charge is 2.51. The van der Waals surface area contributed by atoms with E-state index in [0.717, 1.165) is 0 Å². The fraction of sp³-hybridized carbons (Fsp3) is 0.385. The van der Waals surface area contributed by atoms with Crippen molar-refractivity contribution in [3.05, 3.63) is 35.9 Å². The van der Waals surface area contributed by atoms with Crippen LogP contribution in [0.4, 0.5) is 4.39 Å². The van der Waals surface area contributed by atoms with Gasteiger partial charge in [-0.15, -0.1) is 0 Å². The summed E-state index contributed by atoms with van der Waals surface area (Å²) in [6.45, 7) is 3.04. The highest BCUT2D eigenvalue weighted by Crippen LogP contribution is 2.29. The lowest BCUT2D eigenvalue weighted by molar-refractivity contribution is -0.175. The van der Waals surface area contributed by atoms with Gasteiger partial charge in [0.1, 0.15) is 0 Å². The molecule has 0 aliphatic rings. The second-order valence-electron chi connectivity index (χ2n) is 3.47. The number of alkyl halides is 1. The lowest BCUT2D eigenvalue weighted by Gasteiger charge is -2.21. The number of benzene rings is 1. The molecule has 0 aromatic heterocycles. The third-order valence-corrected chi connectivity index (χ3v) is 2.28. The number of halogens is 1. The highest BCUT2D eigenvalue weighted by atomic mass is 19.1. The maximum atomic E-state index is 14.7. The minimum Gasteiger partial charge on any atom is -0.463 e. The number of carbonyl (C=O) groups excluding carboxylic acids is 2. The Labute approximate surface area is 105 Å². The molecule has 0 unspecified atom stereocenters. The van der Waals surface area contributed by atoms with Gasteiger partial charge in [0.2, 0.25) is 0 Å². The van der Waals surface area contributed by atoms with E-state index in [-0.39, 0.29) is 18.8 Å². The van der Waals surface area contributed by atoms with Crippen molar-refractivity contribution in [2.24, 2.45) is 0 Å². The van der Waals surface area contributed by atoms with Crippen molar-refractivity contribution < 1.29 is 23.5 Å². The molecular weight excluding hydrogens is 239 g/mol. The lowest BCUT2D eigenvalue weighted by atomic mass is 9.96. The van der Waals surface area contributed by atoms with Gasteiger partial charge in [-0.2, -0.15) is 0 Å². The molecule has 0 saturated heterocycles. The smallest absolute Gasteiger partial charge is 0.360 e. The molecule has 0 aliphatic carbocycles. The molecule has 5 heteroatoms. The van der Waals surface area contributed by atoms with Crippen molar-refractivity contribution >= 4 is 11.9 Å². The molecule has 98 valence electrons. The van der Waals surface area contributed by atoms with Gasteiger partial charge in [0.15, 0.2) is 0 Å². The first-order valence-corrected chi connectivity index (χ1v) is 5.66. The molecule has 4 nitrogen and oxygen atoms in total. The van der Waals surface area contributed by atoms with Gasteiger partial charge in [-0.3, -0.25) is 0 Å². The molecular formula is C13H15FO4. The first-order valence-electron chi connectivity index (χ1n) is 5.66. The van der Waals surface area contributed by atoms with Gasteiger partial charge in [0, 0.05) is 5.56 Å². The third kappa shape index (κ3) is 2.67. The summed E-state index contributed by atoms with van der Waals surface area (Å²) in [5, 5.41) is 0. The van der Waals surface area contributed by atoms with Gasteiger partial charge in [-0.25, -0.2) is 14.0 Å². The first-order chi connectivity index (χ1) is 8.57. The predicted octanol–water partition coefficient (Wildman–Crippen LogP) is 1.98. The molecule has 18 heavy (non-hydrogen) atoms. The summed E-state index contributed by atoms with van der Waals surface area (Å²) < 4.78 is 24.0. The molecule has 0 atom stereocenters. The normalized spacial score (nSPS) is 10.8. The summed E-state index contributed by atoms with van der Waals surface area (Å²) in [6, 6.07) is 7.39. The average Bonchev–Trinajstić information content (AvgIpc) is 2.39. The molecule has 0 saturated carbocycles. The van der Waals surface area contributed by atoms with Crippen LogP contribution in [-0.2, 0) is 24.7 Å². The first kappa shape index (κ1) is 14.2. The van der Waals surface area contributed by atoms with Gasteiger partial charge in [-0.05, 0) is 13.8 Å². The Morgan fingerprint density at radius 2 is 1.50 bits per heavy atom. The number of hydrogen-bond acceptors (Lipinski definition) is 4. The second kappa shape index (κ2) is 6.14. The molecule has 1 rings (SSSR count). The zero-order valence-corrected chi connectivity index (χ0v) is 10.3. The van der Waals surface area contributed by atoms with Crippen LogP contribution in [-0.4, -0.2) is 25.2 Å². The van der Waals surface area contributed by atoms with E-state index in [0.29, 0.717) is 0 Å². The van der Waals surface area contributed by atoms with E-state index in [4.69, 9.17) is 0 Å². The quantitative estimate of drug-likeness (QED) is 0.595. The molecule has 0 spiro atoms. The molecule has 0 fully saturated rings. The van der Waals surface area contributed by atoms with E-state index in [1.807, 2.05) is 0 Å². The topological polar surface area (TPSA) is 52.6 Å².